The molecule has 1 aliphatic heterocycles. The molecule has 1 saturated carbocycles. The third-order valence-corrected chi connectivity index (χ3v) is 6.98. The highest BCUT2D eigenvalue weighted by Crippen LogP contribution is 2.52. The summed E-state index contributed by atoms with van der Waals surface area (Å²) >= 11 is 0. The van der Waals surface area contributed by atoms with Gasteiger partial charge in [0.15, 0.2) is 11.5 Å². The van der Waals surface area contributed by atoms with Gasteiger partial charge >= 0.3 is 6.04 Å². The number of halogens is 2. The first kappa shape index (κ1) is 25.0. The number of anilines is 1. The quantitative estimate of drug-likeness (QED) is 0.471. The Hall–Kier alpha value is -3.62. The Balaban J connectivity index is 1.43. The molecule has 3 aromatic rings. The van der Waals surface area contributed by atoms with Crippen molar-refractivity contribution in [2.24, 2.45) is 0 Å². The topological polar surface area (TPSA) is 81.6 Å². The predicted octanol–water partition coefficient (Wildman–Crippen LogP) is 5.30. The molecule has 5 rings (SSSR count). The summed E-state index contributed by atoms with van der Waals surface area (Å²) in [6.45, 7) is 9.76. The minimum atomic E-state index is -2.25. The highest BCUT2D eigenvalue weighted by atomic mass is 19.2. The van der Waals surface area contributed by atoms with Gasteiger partial charge in [0.25, 0.3) is 0 Å². The Kier molecular flexibility index (Phi) is 5.73. The minimum Gasteiger partial charge on any atom is -0.423 e. The molecule has 2 heterocycles. The fourth-order valence-corrected chi connectivity index (χ4v) is 4.98. The van der Waals surface area contributed by atoms with E-state index >= 15 is 4.39 Å². The van der Waals surface area contributed by atoms with Crippen LogP contribution in [0.3, 0.4) is 0 Å². The molecule has 9 heteroatoms. The van der Waals surface area contributed by atoms with Crippen molar-refractivity contribution < 1.29 is 27.8 Å². The van der Waals surface area contributed by atoms with Crippen molar-refractivity contribution in [1.82, 2.24) is 9.88 Å². The van der Waals surface area contributed by atoms with Crippen LogP contribution < -0.4 is 20.1 Å². The van der Waals surface area contributed by atoms with Crippen LogP contribution in [0, 0.1) is 5.82 Å². The average Bonchev–Trinajstić information content (AvgIpc) is 3.43. The van der Waals surface area contributed by atoms with E-state index in [9.17, 15) is 14.0 Å². The number of amides is 2. The summed E-state index contributed by atoms with van der Waals surface area (Å²) in [6, 6.07) is 7.76. The van der Waals surface area contributed by atoms with Gasteiger partial charge < -0.3 is 24.7 Å². The Bertz CT molecular complexity index is 1420. The van der Waals surface area contributed by atoms with Crippen molar-refractivity contribution in [1.29, 1.82) is 0 Å². The summed E-state index contributed by atoms with van der Waals surface area (Å²) in [5.41, 5.74) is 1.40. The Morgan fingerprint density at radius 3 is 2.43 bits per heavy atom. The number of carbonyl (C=O) groups excluding carboxylic acids is 2. The highest BCUT2D eigenvalue weighted by Gasteiger charge is 2.52. The van der Waals surface area contributed by atoms with Crippen molar-refractivity contribution in [3.63, 3.8) is 0 Å². The van der Waals surface area contributed by atoms with Gasteiger partial charge in [-0.25, -0.2) is 4.39 Å². The first-order valence-electron chi connectivity index (χ1n) is 12.4. The summed E-state index contributed by atoms with van der Waals surface area (Å²) in [5.74, 6) is -0.479. The number of ether oxygens (including phenoxy) is 2. The lowest BCUT2D eigenvalue weighted by atomic mass is 9.92. The second-order valence-corrected chi connectivity index (χ2v) is 11.0. The fraction of sp³-hybridized carbons (Fsp3) is 0.429. The van der Waals surface area contributed by atoms with Crippen LogP contribution in [0.1, 0.15) is 58.7 Å². The Morgan fingerprint density at radius 2 is 1.78 bits per heavy atom. The molecule has 1 atom stereocenters. The van der Waals surface area contributed by atoms with Gasteiger partial charge in [-0.1, -0.05) is 26.8 Å². The molecule has 0 bridgehead atoms. The number of hydrogen-bond acceptors (Lipinski definition) is 4. The van der Waals surface area contributed by atoms with E-state index in [2.05, 4.69) is 31.4 Å². The van der Waals surface area contributed by atoms with Gasteiger partial charge in [-0.15, -0.1) is 0 Å². The molecule has 2 aromatic carbocycles. The monoisotopic (exact) mass is 511 g/mol. The predicted molar refractivity (Wildman–Crippen MR) is 136 cm³/mol. The van der Waals surface area contributed by atoms with E-state index in [-0.39, 0.29) is 34.4 Å². The number of nitrogens with zero attached hydrogens (tertiary/aromatic N) is 1. The van der Waals surface area contributed by atoms with E-state index in [1.54, 1.807) is 24.3 Å². The van der Waals surface area contributed by atoms with Crippen LogP contribution >= 0.6 is 0 Å². The molecule has 1 aromatic heterocycles. The molecule has 196 valence electrons. The molecule has 1 aliphatic carbocycles. The maximum absolute atomic E-state index is 15.3. The molecule has 0 saturated heterocycles. The van der Waals surface area contributed by atoms with Crippen LogP contribution in [-0.4, -0.2) is 29.0 Å². The number of fused-ring (bicyclic) bond motifs is 2. The number of alkyl halides is 1. The van der Waals surface area contributed by atoms with Crippen molar-refractivity contribution in [2.45, 2.75) is 70.9 Å². The van der Waals surface area contributed by atoms with Gasteiger partial charge in [0.2, 0.25) is 11.8 Å². The standard InChI is InChI=1S/C28H31F2N3O4/c1-16(34)31-10-11-33-21-15-19(29)20(12-17(21)13-24(33)26(2,3)4)32-25(35)28(8-9-28)18-6-7-22-23(14-18)37-27(5,30)36-22/h6-7,12-15H,8-11H2,1-5H3,(H,31,34)(H,32,35). The van der Waals surface area contributed by atoms with E-state index < -0.39 is 17.3 Å². The lowest BCUT2D eigenvalue weighted by molar-refractivity contribution is -0.173. The van der Waals surface area contributed by atoms with Crippen molar-refractivity contribution in [2.75, 3.05) is 11.9 Å². The van der Waals surface area contributed by atoms with E-state index in [1.807, 2.05) is 10.6 Å². The van der Waals surface area contributed by atoms with Crippen LogP contribution in [0.25, 0.3) is 10.9 Å². The smallest absolute Gasteiger partial charge is 0.404 e. The van der Waals surface area contributed by atoms with Crippen LogP contribution in [0.5, 0.6) is 11.5 Å². The van der Waals surface area contributed by atoms with Gasteiger partial charge in [-0.2, -0.15) is 4.39 Å². The molecular formula is C28H31F2N3O4. The number of rotatable bonds is 6. The molecule has 2 aliphatic rings. The molecule has 37 heavy (non-hydrogen) atoms. The molecule has 0 radical (unpaired) electrons. The van der Waals surface area contributed by atoms with Crippen LogP contribution in [0.4, 0.5) is 14.5 Å². The minimum absolute atomic E-state index is 0.0975. The zero-order valence-electron chi connectivity index (χ0n) is 21.6. The van der Waals surface area contributed by atoms with Gasteiger partial charge in [0, 0.05) is 49.5 Å². The molecular weight excluding hydrogens is 480 g/mol. The molecule has 2 amide bonds. The lowest BCUT2D eigenvalue weighted by Crippen LogP contribution is -2.28. The summed E-state index contributed by atoms with van der Waals surface area (Å²) < 4.78 is 41.7. The second-order valence-electron chi connectivity index (χ2n) is 11.0. The molecule has 7 nitrogen and oxygen atoms in total. The third kappa shape index (κ3) is 4.63. The normalized spacial score (nSPS) is 19.6. The maximum atomic E-state index is 15.3. The average molecular weight is 512 g/mol. The largest absolute Gasteiger partial charge is 0.423 e. The van der Waals surface area contributed by atoms with Crippen LogP contribution in [0.15, 0.2) is 36.4 Å². The second kappa shape index (κ2) is 8.46. The number of aromatic nitrogens is 1. The molecule has 0 spiro atoms. The van der Waals surface area contributed by atoms with E-state index in [0.29, 0.717) is 37.0 Å². The van der Waals surface area contributed by atoms with Crippen molar-refractivity contribution >= 4 is 28.4 Å². The Labute approximate surface area is 214 Å². The summed E-state index contributed by atoms with van der Waals surface area (Å²) in [7, 11) is 0. The first-order valence-corrected chi connectivity index (χ1v) is 12.4. The summed E-state index contributed by atoms with van der Waals surface area (Å²) in [6.07, 6.45) is 1.17. The van der Waals surface area contributed by atoms with E-state index in [1.165, 1.54) is 19.9 Å². The fourth-order valence-electron chi connectivity index (χ4n) is 4.98. The SMILES string of the molecule is CC(=O)NCCn1c(C(C)(C)C)cc2cc(NC(=O)C3(c4ccc5c(c4)OC(C)(F)O5)CC3)c(F)cc21. The van der Waals surface area contributed by atoms with Gasteiger partial charge in [-0.05, 0) is 42.7 Å². The van der Waals surface area contributed by atoms with Crippen LogP contribution in [0.2, 0.25) is 0 Å². The summed E-state index contributed by atoms with van der Waals surface area (Å²) in [4.78, 5) is 24.7. The zero-order valence-corrected chi connectivity index (χ0v) is 21.6. The number of benzene rings is 2. The van der Waals surface area contributed by atoms with Gasteiger partial charge in [-0.3, -0.25) is 9.59 Å². The molecule has 1 unspecified atom stereocenters. The number of carbonyl (C=O) groups is 2. The van der Waals surface area contributed by atoms with Crippen LogP contribution in [-0.2, 0) is 27.0 Å². The van der Waals surface area contributed by atoms with E-state index in [4.69, 9.17) is 9.47 Å². The third-order valence-electron chi connectivity index (χ3n) is 6.98. The maximum Gasteiger partial charge on any atom is 0.404 e. The molecule has 2 N–H and O–H groups in total. The first-order chi connectivity index (χ1) is 17.3. The number of hydrogen-bond donors (Lipinski definition) is 2. The molecule has 1 fully saturated rings. The van der Waals surface area contributed by atoms with E-state index in [0.717, 1.165) is 11.1 Å². The number of nitrogens with one attached hydrogen (secondary N) is 2. The zero-order chi connectivity index (χ0) is 26.8. The highest BCUT2D eigenvalue weighted by molar-refractivity contribution is 6.03. The van der Waals surface area contributed by atoms with Gasteiger partial charge in [0.1, 0.15) is 5.82 Å². The van der Waals surface area contributed by atoms with Crippen molar-refractivity contribution in [3.05, 3.63) is 53.5 Å². The summed E-state index contributed by atoms with van der Waals surface area (Å²) in [5, 5.41) is 6.37. The van der Waals surface area contributed by atoms with Gasteiger partial charge in [0.05, 0.1) is 16.6 Å². The Morgan fingerprint density at radius 1 is 1.08 bits per heavy atom. The van der Waals surface area contributed by atoms with Crippen molar-refractivity contribution in [3.8, 4) is 11.5 Å². The lowest BCUT2D eigenvalue weighted by Gasteiger charge is -2.22.